The lowest BCUT2D eigenvalue weighted by Gasteiger charge is -1.91. The van der Waals surface area contributed by atoms with Crippen molar-refractivity contribution in [1.82, 2.24) is 0 Å². The molecule has 0 amide bonds. The molecule has 92 valence electrons. The highest BCUT2D eigenvalue weighted by atomic mass is 35.7. The van der Waals surface area contributed by atoms with Gasteiger partial charge in [-0.15, -0.1) is 11.3 Å². The maximum Gasteiger partial charge on any atom is 0.240 e. The van der Waals surface area contributed by atoms with Crippen LogP contribution in [0.2, 0.25) is 0 Å². The van der Waals surface area contributed by atoms with Crippen LogP contribution < -0.4 is 0 Å². The summed E-state index contributed by atoms with van der Waals surface area (Å²) in [5.41, 5.74) is 0. The van der Waals surface area contributed by atoms with Crippen molar-refractivity contribution in [2.75, 3.05) is 5.75 Å². The summed E-state index contributed by atoms with van der Waals surface area (Å²) in [5.74, 6) is -1.09. The fourth-order valence-corrected chi connectivity index (χ4v) is 2.87. The van der Waals surface area contributed by atoms with Crippen LogP contribution >= 0.6 is 33.4 Å². The second kappa shape index (κ2) is 6.90. The Morgan fingerprint density at radius 3 is 2.18 bits per heavy atom. The van der Waals surface area contributed by atoms with E-state index in [0.29, 0.717) is 4.88 Å². The number of ketones is 1. The van der Waals surface area contributed by atoms with Gasteiger partial charge >= 0.3 is 0 Å². The van der Waals surface area contributed by atoms with E-state index < -0.39 is 20.6 Å². The summed E-state index contributed by atoms with van der Waals surface area (Å²) >= 11 is 2.91. The Bertz CT molecular complexity index is 512. The van der Waals surface area contributed by atoms with Crippen LogP contribution in [0.4, 0.5) is 0 Å². The molecule has 7 heteroatoms. The molecule has 2 heterocycles. The summed E-state index contributed by atoms with van der Waals surface area (Å²) < 4.78 is 21.0. The lowest BCUT2D eigenvalue weighted by molar-refractivity contribution is 0.102. The van der Waals surface area contributed by atoms with Crippen molar-refractivity contribution >= 4 is 48.2 Å². The molecule has 3 nitrogen and oxygen atoms in total. The molecule has 0 radical (unpaired) electrons. The van der Waals surface area contributed by atoms with Gasteiger partial charge in [0.2, 0.25) is 9.05 Å². The van der Waals surface area contributed by atoms with Crippen molar-refractivity contribution in [2.24, 2.45) is 0 Å². The first-order valence-corrected chi connectivity index (χ1v) is 8.75. The van der Waals surface area contributed by atoms with Crippen molar-refractivity contribution in [3.8, 4) is 0 Å². The van der Waals surface area contributed by atoms with Crippen LogP contribution in [-0.2, 0) is 9.05 Å². The molecule has 0 aliphatic carbocycles. The van der Waals surface area contributed by atoms with Gasteiger partial charge in [0, 0.05) is 10.7 Å². The largest absolute Gasteiger partial charge is 0.292 e. The van der Waals surface area contributed by atoms with Gasteiger partial charge in [-0.1, -0.05) is 18.2 Å². The zero-order valence-electron chi connectivity index (χ0n) is 8.58. The highest BCUT2D eigenvalue weighted by Crippen LogP contribution is 2.11. The molecular weight excluding hydrogens is 300 g/mol. The zero-order chi connectivity index (χ0) is 12.7. The van der Waals surface area contributed by atoms with E-state index in [1.54, 1.807) is 28.8 Å². The van der Waals surface area contributed by atoms with Crippen LogP contribution in [0.5, 0.6) is 0 Å². The van der Waals surface area contributed by atoms with Crippen molar-refractivity contribution in [1.29, 1.82) is 0 Å². The zero-order valence-corrected chi connectivity index (χ0v) is 11.8. The van der Waals surface area contributed by atoms with Gasteiger partial charge in [0.25, 0.3) is 0 Å². The second-order valence-corrected chi connectivity index (χ2v) is 7.42. The highest BCUT2D eigenvalue weighted by Gasteiger charge is 2.15. The Hall–Kier alpha value is -0.690. The average Bonchev–Trinajstić information content (AvgIpc) is 2.93. The normalized spacial score (nSPS) is 10.4. The molecule has 0 saturated carbocycles. The summed E-state index contributed by atoms with van der Waals surface area (Å²) in [6, 6.07) is 7.28. The number of carbonyl (C=O) groups excluding carboxylic acids is 1. The number of Topliss-reactive ketones (excluding diaryl/α,β-unsaturated/α-hetero) is 1. The van der Waals surface area contributed by atoms with E-state index >= 15 is 0 Å². The van der Waals surface area contributed by atoms with E-state index in [1.165, 1.54) is 11.3 Å². The lowest BCUT2D eigenvalue weighted by atomic mass is 10.4. The Morgan fingerprint density at radius 2 is 1.82 bits per heavy atom. The molecular formula is C10H9ClO3S3. The van der Waals surface area contributed by atoms with Crippen LogP contribution in [0.3, 0.4) is 0 Å². The Labute approximate surface area is 112 Å². The van der Waals surface area contributed by atoms with Crippen LogP contribution in [0.1, 0.15) is 9.67 Å². The fourth-order valence-electron chi connectivity index (χ4n) is 0.892. The first-order valence-electron chi connectivity index (χ1n) is 4.45. The van der Waals surface area contributed by atoms with Gasteiger partial charge in [-0.05, 0) is 22.2 Å². The fraction of sp³-hybridized carbons (Fsp3) is 0.100. The number of rotatable bonds is 3. The van der Waals surface area contributed by atoms with Crippen LogP contribution in [0, 0.1) is 0 Å². The number of carbonyl (C=O) groups is 1. The molecule has 0 fully saturated rings. The van der Waals surface area contributed by atoms with Gasteiger partial charge in [0.1, 0.15) is 5.75 Å². The topological polar surface area (TPSA) is 51.2 Å². The first kappa shape index (κ1) is 14.4. The average molecular weight is 309 g/mol. The summed E-state index contributed by atoms with van der Waals surface area (Å²) in [4.78, 5) is 11.5. The van der Waals surface area contributed by atoms with E-state index in [1.807, 2.05) is 22.9 Å². The van der Waals surface area contributed by atoms with Crippen molar-refractivity contribution in [3.05, 3.63) is 45.3 Å². The van der Waals surface area contributed by atoms with Gasteiger partial charge in [-0.3, -0.25) is 4.79 Å². The maximum atomic E-state index is 11.1. The molecule has 0 aromatic carbocycles. The van der Waals surface area contributed by atoms with Crippen molar-refractivity contribution in [2.45, 2.75) is 0 Å². The van der Waals surface area contributed by atoms with Gasteiger partial charge < -0.3 is 0 Å². The standard InChI is InChI=1S/C6H5ClO3S2.C4H4S/c7-12(9,10)4-5(8)6-2-1-3-11-6;1-2-4-5-3-1/h1-3H,4H2;1-4H. The summed E-state index contributed by atoms with van der Waals surface area (Å²) in [7, 11) is 1.18. The molecule has 0 aliphatic rings. The third-order valence-corrected chi connectivity index (χ3v) is 4.00. The number of thiophene rings is 2. The Balaban J connectivity index is 0.000000239. The van der Waals surface area contributed by atoms with Gasteiger partial charge in [0.15, 0.2) is 5.78 Å². The van der Waals surface area contributed by atoms with Crippen molar-refractivity contribution in [3.63, 3.8) is 0 Å². The molecule has 0 unspecified atom stereocenters. The van der Waals surface area contributed by atoms with E-state index in [2.05, 4.69) is 0 Å². The van der Waals surface area contributed by atoms with Crippen LogP contribution in [0.25, 0.3) is 0 Å². The van der Waals surface area contributed by atoms with Crippen LogP contribution in [0.15, 0.2) is 40.4 Å². The Kier molecular flexibility index (Phi) is 5.84. The van der Waals surface area contributed by atoms with Crippen molar-refractivity contribution < 1.29 is 13.2 Å². The maximum absolute atomic E-state index is 11.1. The molecule has 0 N–H and O–H groups in total. The quantitative estimate of drug-likeness (QED) is 0.646. The third-order valence-electron chi connectivity index (χ3n) is 1.52. The SMILES string of the molecule is O=C(CS(=O)(=O)Cl)c1cccs1.c1ccsc1. The predicted octanol–water partition coefficient (Wildman–Crippen LogP) is 3.25. The Morgan fingerprint density at radius 1 is 1.18 bits per heavy atom. The molecule has 0 saturated heterocycles. The summed E-state index contributed by atoms with van der Waals surface area (Å²) in [6.07, 6.45) is 0. The van der Waals surface area contributed by atoms with E-state index in [-0.39, 0.29) is 0 Å². The number of hydrogen-bond acceptors (Lipinski definition) is 5. The van der Waals surface area contributed by atoms with Crippen LogP contribution in [-0.4, -0.2) is 20.0 Å². The molecule has 17 heavy (non-hydrogen) atoms. The van der Waals surface area contributed by atoms with E-state index in [4.69, 9.17) is 10.7 Å². The van der Waals surface area contributed by atoms with Gasteiger partial charge in [0.05, 0.1) is 4.88 Å². The first-order chi connectivity index (χ1) is 7.99. The molecule has 2 rings (SSSR count). The highest BCUT2D eigenvalue weighted by molar-refractivity contribution is 8.14. The number of halogens is 1. The molecule has 0 bridgehead atoms. The minimum Gasteiger partial charge on any atom is -0.292 e. The smallest absolute Gasteiger partial charge is 0.240 e. The molecule has 0 aliphatic heterocycles. The summed E-state index contributed by atoms with van der Waals surface area (Å²) in [5, 5.41) is 5.79. The molecule has 2 aromatic heterocycles. The van der Waals surface area contributed by atoms with Gasteiger partial charge in [-0.2, -0.15) is 11.3 Å². The third kappa shape index (κ3) is 6.58. The summed E-state index contributed by atoms with van der Waals surface area (Å²) in [6.45, 7) is 0. The predicted molar refractivity (Wildman–Crippen MR) is 72.6 cm³/mol. The van der Waals surface area contributed by atoms with Gasteiger partial charge in [-0.25, -0.2) is 8.42 Å². The molecule has 2 aromatic rings. The molecule has 0 spiro atoms. The minimum absolute atomic E-state index is 0.416. The second-order valence-electron chi connectivity index (χ2n) is 2.88. The lowest BCUT2D eigenvalue weighted by Crippen LogP contribution is -2.09. The minimum atomic E-state index is -3.72. The monoisotopic (exact) mass is 308 g/mol. The molecule has 0 atom stereocenters. The van der Waals surface area contributed by atoms with E-state index in [9.17, 15) is 13.2 Å². The van der Waals surface area contributed by atoms with E-state index in [0.717, 1.165) is 0 Å². The number of hydrogen-bond donors (Lipinski definition) is 0.